The summed E-state index contributed by atoms with van der Waals surface area (Å²) < 4.78 is 0. The van der Waals surface area contributed by atoms with Gasteiger partial charge in [-0.25, -0.2) is 0 Å². The molecule has 0 aromatic heterocycles. The first-order chi connectivity index (χ1) is 4.29. The molecule has 0 aliphatic heterocycles. The Labute approximate surface area is 60.8 Å². The van der Waals surface area contributed by atoms with Crippen LogP contribution in [0.1, 0.15) is 19.8 Å². The van der Waals surface area contributed by atoms with E-state index in [0.717, 1.165) is 11.7 Å². The van der Waals surface area contributed by atoms with Gasteiger partial charge in [-0.2, -0.15) is 11.8 Å². The molecule has 0 amide bonds. The van der Waals surface area contributed by atoms with Crippen LogP contribution in [0.25, 0.3) is 0 Å². The van der Waals surface area contributed by atoms with Gasteiger partial charge >= 0.3 is 0 Å². The third-order valence-electron chi connectivity index (χ3n) is 1.41. The fourth-order valence-electron chi connectivity index (χ4n) is 0.690. The highest BCUT2D eigenvalue weighted by Gasteiger charge is 2.20. The lowest BCUT2D eigenvalue weighted by atomic mass is 10.5. The molecule has 1 unspecified atom stereocenters. The minimum atomic E-state index is -0.117. The summed E-state index contributed by atoms with van der Waals surface area (Å²) in [5.41, 5.74) is 0. The standard InChI is InChI=1S/C7H14OS/c1-6(8)4-9-5-7-2-3-7/h6-8H,2-5H2,1H3. The van der Waals surface area contributed by atoms with Gasteiger partial charge in [-0.15, -0.1) is 0 Å². The molecule has 1 nitrogen and oxygen atoms in total. The second-order valence-corrected chi connectivity index (χ2v) is 3.90. The molecular weight excluding hydrogens is 132 g/mol. The Bertz CT molecular complexity index is 77.0. The predicted octanol–water partition coefficient (Wildman–Crippen LogP) is 1.51. The summed E-state index contributed by atoms with van der Waals surface area (Å²) in [6.07, 6.45) is 2.73. The third kappa shape index (κ3) is 3.82. The van der Waals surface area contributed by atoms with Crippen LogP contribution in [0.15, 0.2) is 0 Å². The number of aliphatic hydroxyl groups is 1. The molecular formula is C7H14OS. The van der Waals surface area contributed by atoms with E-state index in [4.69, 9.17) is 5.11 Å². The summed E-state index contributed by atoms with van der Waals surface area (Å²) in [5, 5.41) is 8.86. The van der Waals surface area contributed by atoms with Gasteiger partial charge in [0.05, 0.1) is 6.10 Å². The second-order valence-electron chi connectivity index (χ2n) is 2.83. The first-order valence-electron chi connectivity index (χ1n) is 3.55. The maximum absolute atomic E-state index is 8.86. The minimum absolute atomic E-state index is 0.117. The van der Waals surface area contributed by atoms with E-state index in [9.17, 15) is 0 Å². The topological polar surface area (TPSA) is 20.2 Å². The first-order valence-corrected chi connectivity index (χ1v) is 4.70. The largest absolute Gasteiger partial charge is 0.393 e. The molecule has 2 heteroatoms. The summed E-state index contributed by atoms with van der Waals surface area (Å²) in [6.45, 7) is 1.85. The zero-order valence-corrected chi connectivity index (χ0v) is 6.66. The summed E-state index contributed by atoms with van der Waals surface area (Å²) in [7, 11) is 0. The van der Waals surface area contributed by atoms with Crippen molar-refractivity contribution in [3.8, 4) is 0 Å². The van der Waals surface area contributed by atoms with Crippen LogP contribution in [-0.4, -0.2) is 22.7 Å². The zero-order valence-electron chi connectivity index (χ0n) is 5.84. The van der Waals surface area contributed by atoms with Crippen LogP contribution in [0.3, 0.4) is 0 Å². The van der Waals surface area contributed by atoms with Crippen molar-refractivity contribution in [1.82, 2.24) is 0 Å². The molecule has 0 bridgehead atoms. The highest BCUT2D eigenvalue weighted by molar-refractivity contribution is 7.99. The van der Waals surface area contributed by atoms with Gasteiger partial charge in [0.2, 0.25) is 0 Å². The van der Waals surface area contributed by atoms with E-state index in [-0.39, 0.29) is 6.10 Å². The second kappa shape index (κ2) is 3.47. The van der Waals surface area contributed by atoms with E-state index in [1.807, 2.05) is 18.7 Å². The van der Waals surface area contributed by atoms with E-state index in [1.165, 1.54) is 18.6 Å². The Morgan fingerprint density at radius 3 is 2.78 bits per heavy atom. The Hall–Kier alpha value is 0.310. The van der Waals surface area contributed by atoms with Crippen LogP contribution in [-0.2, 0) is 0 Å². The number of thioether (sulfide) groups is 1. The van der Waals surface area contributed by atoms with Crippen LogP contribution < -0.4 is 0 Å². The van der Waals surface area contributed by atoms with Gasteiger partial charge < -0.3 is 5.11 Å². The molecule has 0 aromatic carbocycles. The van der Waals surface area contributed by atoms with Crippen molar-refractivity contribution in [3.05, 3.63) is 0 Å². The fraction of sp³-hybridized carbons (Fsp3) is 1.00. The van der Waals surface area contributed by atoms with Crippen molar-refractivity contribution in [2.24, 2.45) is 5.92 Å². The van der Waals surface area contributed by atoms with Crippen LogP contribution in [0.2, 0.25) is 0 Å². The average molecular weight is 146 g/mol. The van der Waals surface area contributed by atoms with Crippen molar-refractivity contribution in [2.75, 3.05) is 11.5 Å². The first kappa shape index (κ1) is 7.42. The Balaban J connectivity index is 1.81. The van der Waals surface area contributed by atoms with Crippen molar-refractivity contribution < 1.29 is 5.11 Å². The lowest BCUT2D eigenvalue weighted by molar-refractivity contribution is 0.220. The zero-order chi connectivity index (χ0) is 6.69. The van der Waals surface area contributed by atoms with Crippen molar-refractivity contribution >= 4 is 11.8 Å². The number of rotatable bonds is 4. The van der Waals surface area contributed by atoms with Crippen LogP contribution in [0, 0.1) is 5.92 Å². The quantitative estimate of drug-likeness (QED) is 0.648. The molecule has 0 saturated heterocycles. The molecule has 1 aliphatic carbocycles. The highest BCUT2D eigenvalue weighted by Crippen LogP contribution is 2.32. The van der Waals surface area contributed by atoms with E-state index in [0.29, 0.717) is 0 Å². The van der Waals surface area contributed by atoms with E-state index < -0.39 is 0 Å². The van der Waals surface area contributed by atoms with E-state index in [1.54, 1.807) is 0 Å². The maximum atomic E-state index is 8.86. The van der Waals surface area contributed by atoms with E-state index >= 15 is 0 Å². The molecule has 1 rings (SSSR count). The van der Waals surface area contributed by atoms with Crippen LogP contribution in [0.5, 0.6) is 0 Å². The molecule has 0 spiro atoms. The molecule has 1 aliphatic rings. The molecule has 54 valence electrons. The normalized spacial score (nSPS) is 22.0. The predicted molar refractivity (Wildman–Crippen MR) is 41.7 cm³/mol. The van der Waals surface area contributed by atoms with Gasteiger partial charge in [0.25, 0.3) is 0 Å². The van der Waals surface area contributed by atoms with Crippen molar-refractivity contribution in [1.29, 1.82) is 0 Å². The van der Waals surface area contributed by atoms with Crippen molar-refractivity contribution in [3.63, 3.8) is 0 Å². The summed E-state index contributed by atoms with van der Waals surface area (Å²) in [5.74, 6) is 3.18. The molecule has 1 N–H and O–H groups in total. The number of hydrogen-bond donors (Lipinski definition) is 1. The molecule has 1 fully saturated rings. The van der Waals surface area contributed by atoms with Crippen LogP contribution in [0.4, 0.5) is 0 Å². The van der Waals surface area contributed by atoms with Gasteiger partial charge in [-0.1, -0.05) is 0 Å². The summed E-state index contributed by atoms with van der Waals surface area (Å²) >= 11 is 1.88. The lowest BCUT2D eigenvalue weighted by Gasteiger charge is -2.01. The van der Waals surface area contributed by atoms with Gasteiger partial charge in [-0.05, 0) is 31.4 Å². The average Bonchev–Trinajstić information content (AvgIpc) is 2.48. The van der Waals surface area contributed by atoms with Crippen LogP contribution >= 0.6 is 11.8 Å². The minimum Gasteiger partial charge on any atom is -0.393 e. The van der Waals surface area contributed by atoms with Crippen molar-refractivity contribution in [2.45, 2.75) is 25.9 Å². The lowest BCUT2D eigenvalue weighted by Crippen LogP contribution is -2.03. The smallest absolute Gasteiger partial charge is 0.0602 e. The molecule has 1 saturated carbocycles. The molecule has 0 aromatic rings. The molecule has 0 radical (unpaired) electrons. The molecule has 1 atom stereocenters. The monoisotopic (exact) mass is 146 g/mol. The highest BCUT2D eigenvalue weighted by atomic mass is 32.2. The Kier molecular flexibility index (Phi) is 2.86. The fourth-order valence-corrected chi connectivity index (χ4v) is 1.83. The maximum Gasteiger partial charge on any atom is 0.0602 e. The molecule has 9 heavy (non-hydrogen) atoms. The van der Waals surface area contributed by atoms with Gasteiger partial charge in [0.1, 0.15) is 0 Å². The van der Waals surface area contributed by atoms with Gasteiger partial charge in [0, 0.05) is 5.75 Å². The summed E-state index contributed by atoms with van der Waals surface area (Å²) in [6, 6.07) is 0. The number of aliphatic hydroxyl groups excluding tert-OH is 1. The Morgan fingerprint density at radius 2 is 2.33 bits per heavy atom. The van der Waals surface area contributed by atoms with Gasteiger partial charge in [0.15, 0.2) is 0 Å². The van der Waals surface area contributed by atoms with Gasteiger partial charge in [-0.3, -0.25) is 0 Å². The Morgan fingerprint density at radius 1 is 1.67 bits per heavy atom. The molecule has 0 heterocycles. The van der Waals surface area contributed by atoms with E-state index in [2.05, 4.69) is 0 Å². The number of hydrogen-bond acceptors (Lipinski definition) is 2. The SMILES string of the molecule is CC(O)CSCC1CC1. The summed E-state index contributed by atoms with van der Waals surface area (Å²) in [4.78, 5) is 0. The third-order valence-corrected chi connectivity index (χ3v) is 2.83.